The normalized spacial score (nSPS) is 10.7. The highest BCUT2D eigenvalue weighted by atomic mass is 16.5. The maximum atomic E-state index is 12.1. The molecule has 3 aromatic rings. The molecule has 0 saturated heterocycles. The average molecular weight is 447 g/mol. The first kappa shape index (κ1) is 23.9. The summed E-state index contributed by atoms with van der Waals surface area (Å²) in [5, 5.41) is 4.04. The molecular formula is C27H30N2O4. The van der Waals surface area contributed by atoms with Gasteiger partial charge in [-0.1, -0.05) is 49.7 Å². The van der Waals surface area contributed by atoms with Crippen LogP contribution in [0, 0.1) is 0 Å². The van der Waals surface area contributed by atoms with E-state index in [0.717, 1.165) is 36.1 Å². The zero-order chi connectivity index (χ0) is 23.3. The van der Waals surface area contributed by atoms with Crippen molar-refractivity contribution >= 4 is 12.1 Å². The van der Waals surface area contributed by atoms with Crippen molar-refractivity contribution in [1.29, 1.82) is 0 Å². The van der Waals surface area contributed by atoms with Gasteiger partial charge in [-0.15, -0.1) is 0 Å². The molecule has 33 heavy (non-hydrogen) atoms. The van der Waals surface area contributed by atoms with Crippen LogP contribution in [0.4, 0.5) is 0 Å². The van der Waals surface area contributed by atoms with Crippen LogP contribution in [-0.4, -0.2) is 25.8 Å². The summed E-state index contributed by atoms with van der Waals surface area (Å²) in [6, 6.07) is 23.0. The third-order valence-corrected chi connectivity index (χ3v) is 4.95. The Balaban J connectivity index is 1.48. The van der Waals surface area contributed by atoms with E-state index in [2.05, 4.69) is 17.5 Å². The number of amides is 1. The van der Waals surface area contributed by atoms with Gasteiger partial charge in [-0.2, -0.15) is 5.10 Å². The van der Waals surface area contributed by atoms with E-state index >= 15 is 0 Å². The molecule has 0 spiro atoms. The predicted octanol–water partition coefficient (Wildman–Crippen LogP) is 5.15. The van der Waals surface area contributed by atoms with Crippen molar-refractivity contribution in [1.82, 2.24) is 5.43 Å². The van der Waals surface area contributed by atoms with Crippen LogP contribution in [0.5, 0.6) is 17.2 Å². The van der Waals surface area contributed by atoms with Crippen LogP contribution in [0.1, 0.15) is 36.5 Å². The molecule has 6 heteroatoms. The summed E-state index contributed by atoms with van der Waals surface area (Å²) in [5.74, 6) is 1.77. The van der Waals surface area contributed by atoms with Gasteiger partial charge in [0.05, 0.1) is 13.3 Å². The number of aryl methyl sites for hydroxylation is 1. The number of carbonyl (C=O) groups is 1. The maximum Gasteiger partial charge on any atom is 0.277 e. The number of unbranched alkanes of at least 4 members (excludes halogenated alkanes) is 1. The van der Waals surface area contributed by atoms with Gasteiger partial charge >= 0.3 is 0 Å². The van der Waals surface area contributed by atoms with Gasteiger partial charge in [-0.05, 0) is 60.4 Å². The third-order valence-electron chi connectivity index (χ3n) is 4.95. The lowest BCUT2D eigenvalue weighted by Gasteiger charge is -2.10. The summed E-state index contributed by atoms with van der Waals surface area (Å²) in [6.07, 6.45) is 4.94. The van der Waals surface area contributed by atoms with E-state index in [4.69, 9.17) is 14.2 Å². The Hall–Kier alpha value is -3.80. The number of nitrogens with zero attached hydrogens (tertiary/aromatic N) is 1. The topological polar surface area (TPSA) is 69.2 Å². The summed E-state index contributed by atoms with van der Waals surface area (Å²) >= 11 is 0. The highest BCUT2D eigenvalue weighted by Gasteiger charge is 2.04. The summed E-state index contributed by atoms with van der Waals surface area (Å²) in [4.78, 5) is 12.1. The van der Waals surface area contributed by atoms with Gasteiger partial charge in [0, 0.05) is 5.56 Å². The molecule has 0 aliphatic rings. The quantitative estimate of drug-likeness (QED) is 0.309. The number of para-hydroxylation sites is 1. The molecule has 0 heterocycles. The molecule has 0 aliphatic carbocycles. The van der Waals surface area contributed by atoms with Gasteiger partial charge < -0.3 is 14.2 Å². The van der Waals surface area contributed by atoms with E-state index in [1.54, 1.807) is 13.3 Å². The fourth-order valence-corrected chi connectivity index (χ4v) is 3.13. The number of hydrogen-bond donors (Lipinski definition) is 1. The second-order valence-electron chi connectivity index (χ2n) is 7.51. The molecule has 0 atom stereocenters. The van der Waals surface area contributed by atoms with Crippen LogP contribution in [0.2, 0.25) is 0 Å². The highest BCUT2D eigenvalue weighted by Crippen LogP contribution is 2.19. The lowest BCUT2D eigenvalue weighted by atomic mass is 10.1. The average Bonchev–Trinajstić information content (AvgIpc) is 2.86. The van der Waals surface area contributed by atoms with Crippen LogP contribution in [-0.2, 0) is 17.8 Å². The van der Waals surface area contributed by atoms with Crippen molar-refractivity contribution in [3.8, 4) is 17.2 Å². The molecule has 6 nitrogen and oxygen atoms in total. The molecule has 0 bridgehead atoms. The van der Waals surface area contributed by atoms with Gasteiger partial charge in [0.25, 0.3) is 5.91 Å². The monoisotopic (exact) mass is 446 g/mol. The van der Waals surface area contributed by atoms with Gasteiger partial charge in [0.2, 0.25) is 0 Å². The second-order valence-corrected chi connectivity index (χ2v) is 7.51. The predicted molar refractivity (Wildman–Crippen MR) is 130 cm³/mol. The van der Waals surface area contributed by atoms with E-state index in [9.17, 15) is 4.79 Å². The summed E-state index contributed by atoms with van der Waals surface area (Å²) in [7, 11) is 1.63. The smallest absolute Gasteiger partial charge is 0.277 e. The van der Waals surface area contributed by atoms with Crippen LogP contribution in [0.15, 0.2) is 77.9 Å². The fourth-order valence-electron chi connectivity index (χ4n) is 3.13. The van der Waals surface area contributed by atoms with E-state index in [1.165, 1.54) is 5.56 Å². The number of carbonyl (C=O) groups excluding carboxylic acids is 1. The van der Waals surface area contributed by atoms with Crippen LogP contribution in [0.3, 0.4) is 0 Å². The van der Waals surface area contributed by atoms with Crippen molar-refractivity contribution in [2.75, 3.05) is 13.7 Å². The SMILES string of the molecule is CCCCc1ccc(OCC(=O)N/N=C/c2ccccc2OCc2cccc(OC)c2)cc1. The summed E-state index contributed by atoms with van der Waals surface area (Å²) in [6.45, 7) is 2.45. The molecule has 0 aromatic heterocycles. The minimum absolute atomic E-state index is 0.111. The number of ether oxygens (including phenoxy) is 3. The molecular weight excluding hydrogens is 416 g/mol. The van der Waals surface area contributed by atoms with Gasteiger partial charge in [-0.3, -0.25) is 4.79 Å². The first-order chi connectivity index (χ1) is 16.2. The number of nitrogens with one attached hydrogen (secondary N) is 1. The van der Waals surface area contributed by atoms with Gasteiger partial charge in [0.1, 0.15) is 23.9 Å². The second kappa shape index (κ2) is 12.9. The molecule has 0 aliphatic heterocycles. The molecule has 3 rings (SSSR count). The highest BCUT2D eigenvalue weighted by molar-refractivity contribution is 5.85. The summed E-state index contributed by atoms with van der Waals surface area (Å²) in [5.41, 5.74) is 5.50. The first-order valence-corrected chi connectivity index (χ1v) is 11.1. The molecule has 0 fully saturated rings. The van der Waals surface area contributed by atoms with Gasteiger partial charge in [-0.25, -0.2) is 5.43 Å². The summed E-state index contributed by atoms with van der Waals surface area (Å²) < 4.78 is 16.7. The van der Waals surface area contributed by atoms with E-state index < -0.39 is 0 Å². The molecule has 0 unspecified atom stereocenters. The minimum atomic E-state index is -0.337. The molecule has 3 aromatic carbocycles. The Morgan fingerprint density at radius 2 is 1.76 bits per heavy atom. The number of hydrogen-bond acceptors (Lipinski definition) is 5. The van der Waals surface area contributed by atoms with Crippen molar-refractivity contribution in [3.05, 3.63) is 89.5 Å². The Kier molecular flexibility index (Phi) is 9.33. The number of benzene rings is 3. The Morgan fingerprint density at radius 1 is 0.939 bits per heavy atom. The van der Waals surface area contributed by atoms with Crippen LogP contribution in [0.25, 0.3) is 0 Å². The van der Waals surface area contributed by atoms with Crippen molar-refractivity contribution in [2.24, 2.45) is 5.10 Å². The van der Waals surface area contributed by atoms with Crippen LogP contribution < -0.4 is 19.6 Å². The molecule has 1 amide bonds. The van der Waals surface area contributed by atoms with E-state index in [1.807, 2.05) is 72.8 Å². The molecule has 0 radical (unpaired) electrons. The Bertz CT molecular complexity index is 1050. The van der Waals surface area contributed by atoms with Crippen molar-refractivity contribution in [2.45, 2.75) is 32.8 Å². The number of methoxy groups -OCH3 is 1. The first-order valence-electron chi connectivity index (χ1n) is 11.1. The number of hydrazone groups is 1. The fraction of sp³-hybridized carbons (Fsp3) is 0.259. The zero-order valence-electron chi connectivity index (χ0n) is 19.1. The zero-order valence-corrected chi connectivity index (χ0v) is 19.1. The maximum absolute atomic E-state index is 12.1. The third kappa shape index (κ3) is 8.00. The van der Waals surface area contributed by atoms with Crippen molar-refractivity contribution in [3.63, 3.8) is 0 Å². The Labute approximate surface area is 195 Å². The largest absolute Gasteiger partial charge is 0.497 e. The standard InChI is InChI=1S/C27H30N2O4/c1-3-4-8-21-13-15-24(16-14-21)32-20-27(30)29-28-18-23-10-5-6-12-26(23)33-19-22-9-7-11-25(17-22)31-2/h5-7,9-18H,3-4,8,19-20H2,1-2H3,(H,29,30)/b28-18+. The lowest BCUT2D eigenvalue weighted by molar-refractivity contribution is -0.123. The lowest BCUT2D eigenvalue weighted by Crippen LogP contribution is -2.24. The Morgan fingerprint density at radius 3 is 2.55 bits per heavy atom. The van der Waals surface area contributed by atoms with Gasteiger partial charge in [0.15, 0.2) is 6.61 Å². The molecule has 172 valence electrons. The number of rotatable bonds is 12. The van der Waals surface area contributed by atoms with E-state index in [0.29, 0.717) is 18.1 Å². The van der Waals surface area contributed by atoms with E-state index in [-0.39, 0.29) is 12.5 Å². The van der Waals surface area contributed by atoms with Crippen LogP contribution >= 0.6 is 0 Å². The van der Waals surface area contributed by atoms with Crippen molar-refractivity contribution < 1.29 is 19.0 Å². The molecule has 0 saturated carbocycles. The minimum Gasteiger partial charge on any atom is -0.497 e. The molecule has 1 N–H and O–H groups in total.